The summed E-state index contributed by atoms with van der Waals surface area (Å²) in [4.78, 5) is 10.3. The van der Waals surface area contributed by atoms with E-state index < -0.39 is 10.0 Å². The van der Waals surface area contributed by atoms with Gasteiger partial charge in [-0.05, 0) is 24.6 Å². The molecule has 0 bridgehead atoms. The summed E-state index contributed by atoms with van der Waals surface area (Å²) in [7, 11) is -3.73. The summed E-state index contributed by atoms with van der Waals surface area (Å²) >= 11 is 0. The molecule has 0 aromatic heterocycles. The molecule has 0 atom stereocenters. The molecule has 0 aliphatic rings. The first-order chi connectivity index (χ1) is 5.95. The molecule has 4 nitrogen and oxygen atoms in total. The normalized spacial score (nSPS) is 11.2. The first-order valence-corrected chi connectivity index (χ1v) is 5.01. The summed E-state index contributed by atoms with van der Waals surface area (Å²) < 4.78 is 21.7. The SMILES string of the molecule is Cc1ccc(S(N)(=O)=O)cc1[C]=O. The Morgan fingerprint density at radius 1 is 1.38 bits per heavy atom. The molecular weight excluding hydrogens is 190 g/mol. The minimum atomic E-state index is -3.73. The molecule has 2 N–H and O–H groups in total. The number of benzene rings is 1. The van der Waals surface area contributed by atoms with E-state index in [1.165, 1.54) is 18.2 Å². The maximum Gasteiger partial charge on any atom is 0.238 e. The van der Waals surface area contributed by atoms with Gasteiger partial charge in [0.2, 0.25) is 16.3 Å². The van der Waals surface area contributed by atoms with Gasteiger partial charge in [0.1, 0.15) is 0 Å². The maximum atomic E-state index is 10.9. The fourth-order valence-corrected chi connectivity index (χ4v) is 1.43. The van der Waals surface area contributed by atoms with E-state index in [9.17, 15) is 13.2 Å². The van der Waals surface area contributed by atoms with Crippen LogP contribution in [-0.4, -0.2) is 14.7 Å². The number of sulfonamides is 1. The molecule has 69 valence electrons. The molecule has 1 aromatic rings. The summed E-state index contributed by atoms with van der Waals surface area (Å²) in [5.74, 6) is 0. The molecule has 1 rings (SSSR count). The predicted molar refractivity (Wildman–Crippen MR) is 47.3 cm³/mol. The smallest absolute Gasteiger partial charge is 0.238 e. The number of carbonyl (C=O) groups excluding carboxylic acids is 1. The lowest BCUT2D eigenvalue weighted by Crippen LogP contribution is -2.12. The molecule has 0 amide bonds. The van der Waals surface area contributed by atoms with Gasteiger partial charge >= 0.3 is 0 Å². The first kappa shape index (κ1) is 9.88. The van der Waals surface area contributed by atoms with Gasteiger partial charge in [-0.1, -0.05) is 6.07 Å². The van der Waals surface area contributed by atoms with Gasteiger partial charge in [0.25, 0.3) is 0 Å². The van der Waals surface area contributed by atoms with Crippen molar-refractivity contribution in [3.63, 3.8) is 0 Å². The highest BCUT2D eigenvalue weighted by molar-refractivity contribution is 7.89. The van der Waals surface area contributed by atoms with Crippen LogP contribution in [-0.2, 0) is 14.8 Å². The Kier molecular flexibility index (Phi) is 2.49. The molecule has 5 heteroatoms. The van der Waals surface area contributed by atoms with Crippen molar-refractivity contribution in [3.05, 3.63) is 29.3 Å². The Morgan fingerprint density at radius 2 is 2.00 bits per heavy atom. The van der Waals surface area contributed by atoms with Crippen LogP contribution in [0.15, 0.2) is 23.1 Å². The van der Waals surface area contributed by atoms with Crippen molar-refractivity contribution in [2.24, 2.45) is 5.14 Å². The van der Waals surface area contributed by atoms with Crippen LogP contribution in [0.1, 0.15) is 11.1 Å². The zero-order valence-electron chi connectivity index (χ0n) is 6.94. The average Bonchev–Trinajstić information content (AvgIpc) is 2.03. The monoisotopic (exact) mass is 198 g/mol. The summed E-state index contributed by atoms with van der Waals surface area (Å²) in [6, 6.07) is 4.07. The summed E-state index contributed by atoms with van der Waals surface area (Å²) in [6.45, 7) is 1.69. The quantitative estimate of drug-likeness (QED) is 0.732. The third-order valence-electron chi connectivity index (χ3n) is 1.65. The van der Waals surface area contributed by atoms with E-state index in [1.54, 1.807) is 13.2 Å². The van der Waals surface area contributed by atoms with Crippen LogP contribution in [0.4, 0.5) is 0 Å². The van der Waals surface area contributed by atoms with Crippen molar-refractivity contribution in [1.82, 2.24) is 0 Å². The Morgan fingerprint density at radius 3 is 2.46 bits per heavy atom. The molecule has 0 aliphatic carbocycles. The van der Waals surface area contributed by atoms with Gasteiger partial charge in [0.15, 0.2) is 0 Å². The number of rotatable bonds is 2. The first-order valence-electron chi connectivity index (χ1n) is 3.47. The van der Waals surface area contributed by atoms with Gasteiger partial charge in [-0.15, -0.1) is 0 Å². The van der Waals surface area contributed by atoms with Crippen molar-refractivity contribution in [2.75, 3.05) is 0 Å². The molecule has 0 fully saturated rings. The molecule has 13 heavy (non-hydrogen) atoms. The largest absolute Gasteiger partial charge is 0.285 e. The second-order valence-corrected chi connectivity index (χ2v) is 4.19. The fourth-order valence-electron chi connectivity index (χ4n) is 0.888. The zero-order chi connectivity index (χ0) is 10.1. The number of nitrogens with two attached hydrogens (primary N) is 1. The summed E-state index contributed by atoms with van der Waals surface area (Å²) in [6.07, 6.45) is 1.64. The lowest BCUT2D eigenvalue weighted by atomic mass is 10.1. The van der Waals surface area contributed by atoms with Gasteiger partial charge in [-0.3, -0.25) is 4.79 Å². The molecule has 1 radical (unpaired) electrons. The van der Waals surface area contributed by atoms with Gasteiger partial charge in [-0.25, -0.2) is 13.6 Å². The van der Waals surface area contributed by atoms with Crippen molar-refractivity contribution >= 4 is 16.3 Å². The van der Waals surface area contributed by atoms with Crippen LogP contribution in [0.3, 0.4) is 0 Å². The number of hydrogen-bond acceptors (Lipinski definition) is 3. The maximum absolute atomic E-state index is 10.9. The third-order valence-corrected chi connectivity index (χ3v) is 2.56. The van der Waals surface area contributed by atoms with E-state index in [2.05, 4.69) is 0 Å². The van der Waals surface area contributed by atoms with E-state index in [-0.39, 0.29) is 10.5 Å². The van der Waals surface area contributed by atoms with Crippen molar-refractivity contribution in [1.29, 1.82) is 0 Å². The topological polar surface area (TPSA) is 77.2 Å². The Bertz CT molecular complexity index is 437. The molecular formula is C8H8NO3S. The lowest BCUT2D eigenvalue weighted by molar-refractivity contribution is 0.562. The average molecular weight is 198 g/mol. The van der Waals surface area contributed by atoms with E-state index >= 15 is 0 Å². The molecule has 1 aromatic carbocycles. The minimum Gasteiger partial charge on any atom is -0.285 e. The van der Waals surface area contributed by atoms with Crippen LogP contribution in [0.5, 0.6) is 0 Å². The van der Waals surface area contributed by atoms with Crippen LogP contribution in [0, 0.1) is 6.92 Å². The molecule has 0 aliphatic heterocycles. The second kappa shape index (κ2) is 3.27. The minimum absolute atomic E-state index is 0.0727. The lowest BCUT2D eigenvalue weighted by Gasteiger charge is -2.00. The summed E-state index contributed by atoms with van der Waals surface area (Å²) in [5, 5.41) is 4.87. The molecule has 0 saturated carbocycles. The molecule has 0 unspecified atom stereocenters. The molecule has 0 saturated heterocycles. The standard InChI is InChI=1S/C8H8NO3S/c1-6-2-3-8(13(9,11)12)4-7(6)5-10/h2-4H,1H3,(H2,9,11,12). The van der Waals surface area contributed by atoms with E-state index in [0.717, 1.165) is 0 Å². The third kappa shape index (κ3) is 2.13. The predicted octanol–water partition coefficient (Wildman–Crippen LogP) is 0.100. The number of hydrogen-bond donors (Lipinski definition) is 1. The van der Waals surface area contributed by atoms with Crippen LogP contribution >= 0.6 is 0 Å². The Balaban J connectivity index is 3.38. The van der Waals surface area contributed by atoms with Gasteiger partial charge in [-0.2, -0.15) is 0 Å². The Labute approximate surface area is 76.4 Å². The highest BCUT2D eigenvalue weighted by Crippen LogP contribution is 2.12. The van der Waals surface area contributed by atoms with E-state index in [0.29, 0.717) is 5.56 Å². The highest BCUT2D eigenvalue weighted by Gasteiger charge is 2.09. The highest BCUT2D eigenvalue weighted by atomic mass is 32.2. The number of primary sulfonamides is 1. The second-order valence-electron chi connectivity index (χ2n) is 2.62. The Hall–Kier alpha value is -1.20. The van der Waals surface area contributed by atoms with Crippen molar-refractivity contribution in [3.8, 4) is 0 Å². The van der Waals surface area contributed by atoms with Crippen molar-refractivity contribution < 1.29 is 13.2 Å². The molecule has 0 heterocycles. The van der Waals surface area contributed by atoms with Crippen LogP contribution < -0.4 is 5.14 Å². The van der Waals surface area contributed by atoms with E-state index in [4.69, 9.17) is 5.14 Å². The van der Waals surface area contributed by atoms with Crippen molar-refractivity contribution in [2.45, 2.75) is 11.8 Å². The number of aryl methyl sites for hydroxylation is 1. The summed E-state index contributed by atoms with van der Waals surface area (Å²) in [5.41, 5.74) is 0.883. The van der Waals surface area contributed by atoms with E-state index in [1.807, 2.05) is 0 Å². The van der Waals surface area contributed by atoms with Crippen LogP contribution in [0.25, 0.3) is 0 Å². The van der Waals surface area contributed by atoms with Gasteiger partial charge in [0.05, 0.1) is 4.90 Å². The zero-order valence-corrected chi connectivity index (χ0v) is 7.76. The van der Waals surface area contributed by atoms with Gasteiger partial charge in [0, 0.05) is 5.56 Å². The molecule has 0 spiro atoms. The van der Waals surface area contributed by atoms with Gasteiger partial charge < -0.3 is 0 Å². The fraction of sp³-hybridized carbons (Fsp3) is 0.125. The van der Waals surface area contributed by atoms with Crippen LogP contribution in [0.2, 0.25) is 0 Å².